The zero-order valence-corrected chi connectivity index (χ0v) is 16.4. The molecule has 0 amide bonds. The molecule has 1 aromatic carbocycles. The molecule has 0 spiro atoms. The van der Waals surface area contributed by atoms with Crippen LogP contribution in [0.1, 0.15) is 57.4 Å². The van der Waals surface area contributed by atoms with Crippen molar-refractivity contribution >= 4 is 16.7 Å². The largest absolute Gasteiger partial charge is 0.480 e. The van der Waals surface area contributed by atoms with Gasteiger partial charge in [0.05, 0.1) is 18.7 Å². The van der Waals surface area contributed by atoms with Crippen LogP contribution in [0.4, 0.5) is 0 Å². The number of hydrogen-bond acceptors (Lipinski definition) is 7. The number of ether oxygens (including phenoxy) is 1. The van der Waals surface area contributed by atoms with Crippen molar-refractivity contribution in [2.24, 2.45) is 5.73 Å². The van der Waals surface area contributed by atoms with E-state index in [-0.39, 0.29) is 6.04 Å². The smallest absolute Gasteiger partial charge is 0.253 e. The minimum Gasteiger partial charge on any atom is -0.480 e. The van der Waals surface area contributed by atoms with Crippen LogP contribution in [0.5, 0.6) is 5.88 Å². The van der Waals surface area contributed by atoms with Gasteiger partial charge < -0.3 is 14.9 Å². The van der Waals surface area contributed by atoms with E-state index in [0.717, 1.165) is 36.6 Å². The topological polar surface area (TPSA) is 104 Å². The molecule has 7 heteroatoms. The molecular weight excluding hydrogens is 356 g/mol. The normalized spacial score (nSPS) is 12.2. The zero-order chi connectivity index (χ0) is 19.9. The van der Waals surface area contributed by atoms with Crippen LogP contribution < -0.4 is 10.5 Å². The number of methoxy groups -OCH3 is 1. The number of Topliss-reactive ketones (excluding diaryl/α,β-unsaturated/α-hetero) is 1. The number of rotatable bonds is 10. The number of pyridine rings is 1. The summed E-state index contributed by atoms with van der Waals surface area (Å²) in [7, 11) is 1.56. The number of hydrogen-bond donors (Lipinski definition) is 1. The van der Waals surface area contributed by atoms with Crippen molar-refractivity contribution in [2.45, 2.75) is 51.5 Å². The molecule has 0 saturated heterocycles. The van der Waals surface area contributed by atoms with E-state index in [1.165, 1.54) is 0 Å². The molecule has 0 unspecified atom stereocenters. The number of fused-ring (bicyclic) bond motifs is 1. The van der Waals surface area contributed by atoms with Crippen LogP contribution in [0, 0.1) is 0 Å². The Balaban J connectivity index is 1.66. The van der Waals surface area contributed by atoms with Gasteiger partial charge in [-0.25, -0.2) is 4.98 Å². The number of carbonyl (C=O) groups excluding carboxylic acids is 1. The summed E-state index contributed by atoms with van der Waals surface area (Å²) in [6.45, 7) is 1.89. The molecule has 1 atom stereocenters. The lowest BCUT2D eigenvalue weighted by molar-refractivity contribution is -0.118. The predicted molar refractivity (Wildman–Crippen MR) is 107 cm³/mol. The van der Waals surface area contributed by atoms with Crippen molar-refractivity contribution in [3.05, 3.63) is 36.2 Å². The summed E-state index contributed by atoms with van der Waals surface area (Å²) in [4.78, 5) is 15.8. The van der Waals surface area contributed by atoms with E-state index < -0.39 is 0 Å². The second-order valence-corrected chi connectivity index (χ2v) is 6.78. The second kappa shape index (κ2) is 9.41. The molecule has 3 rings (SSSR count). The molecule has 0 aliphatic carbocycles. The Morgan fingerprint density at radius 3 is 2.82 bits per heavy atom. The first-order valence-electron chi connectivity index (χ1n) is 9.67. The Labute approximate surface area is 164 Å². The summed E-state index contributed by atoms with van der Waals surface area (Å²) in [6, 6.07) is 9.36. The van der Waals surface area contributed by atoms with Gasteiger partial charge in [-0.05, 0) is 25.0 Å². The third kappa shape index (κ3) is 4.72. The minimum atomic E-state index is -0.331. The van der Waals surface area contributed by atoms with E-state index in [9.17, 15) is 4.79 Å². The molecule has 148 valence electrons. The van der Waals surface area contributed by atoms with Gasteiger partial charge in [-0.1, -0.05) is 38.0 Å². The van der Waals surface area contributed by atoms with E-state index in [0.29, 0.717) is 41.8 Å². The van der Waals surface area contributed by atoms with Crippen molar-refractivity contribution in [3.8, 4) is 17.3 Å². The third-order valence-electron chi connectivity index (χ3n) is 4.74. The van der Waals surface area contributed by atoms with Crippen molar-refractivity contribution in [3.63, 3.8) is 0 Å². The molecular formula is C21H26N4O3. The highest BCUT2D eigenvalue weighted by atomic mass is 16.5. The molecule has 0 bridgehead atoms. The number of para-hydroxylation sites is 1. The van der Waals surface area contributed by atoms with Crippen molar-refractivity contribution < 1.29 is 13.9 Å². The quantitative estimate of drug-likeness (QED) is 0.523. The highest BCUT2D eigenvalue weighted by Gasteiger charge is 2.19. The Hall–Kier alpha value is -2.80. The number of benzene rings is 1. The molecule has 3 aromatic rings. The van der Waals surface area contributed by atoms with Crippen LogP contribution in [0.3, 0.4) is 0 Å². The maximum absolute atomic E-state index is 11.3. The molecule has 0 aliphatic rings. The molecule has 0 radical (unpaired) electrons. The van der Waals surface area contributed by atoms with E-state index in [4.69, 9.17) is 14.9 Å². The Morgan fingerprint density at radius 1 is 1.21 bits per heavy atom. The molecule has 0 fully saturated rings. The van der Waals surface area contributed by atoms with Gasteiger partial charge in [0.25, 0.3) is 5.89 Å². The summed E-state index contributed by atoms with van der Waals surface area (Å²) in [5.41, 5.74) is 7.68. The van der Waals surface area contributed by atoms with Crippen LogP contribution in [0.25, 0.3) is 22.4 Å². The van der Waals surface area contributed by atoms with Crippen LogP contribution in [0.2, 0.25) is 0 Å². The fourth-order valence-corrected chi connectivity index (χ4v) is 3.06. The lowest BCUT2D eigenvalue weighted by Crippen LogP contribution is -2.10. The lowest BCUT2D eigenvalue weighted by atomic mass is 10.1. The number of carbonyl (C=O) groups is 1. The fraction of sp³-hybridized carbons (Fsp3) is 0.429. The van der Waals surface area contributed by atoms with Gasteiger partial charge in [0, 0.05) is 18.2 Å². The predicted octanol–water partition coefficient (Wildman–Crippen LogP) is 4.22. The van der Waals surface area contributed by atoms with Gasteiger partial charge in [-0.3, -0.25) is 4.79 Å². The monoisotopic (exact) mass is 382 g/mol. The Kier molecular flexibility index (Phi) is 6.71. The third-order valence-corrected chi connectivity index (χ3v) is 4.74. The highest BCUT2D eigenvalue weighted by molar-refractivity contribution is 5.84. The lowest BCUT2D eigenvalue weighted by Gasteiger charge is -2.07. The Bertz CT molecular complexity index is 938. The van der Waals surface area contributed by atoms with E-state index >= 15 is 0 Å². The van der Waals surface area contributed by atoms with Crippen molar-refractivity contribution in [1.82, 2.24) is 15.2 Å². The number of nitrogens with two attached hydrogens (primary N) is 1. The number of aromatic nitrogens is 3. The van der Waals surface area contributed by atoms with Gasteiger partial charge in [-0.15, -0.1) is 10.2 Å². The summed E-state index contributed by atoms with van der Waals surface area (Å²) < 4.78 is 11.2. The summed E-state index contributed by atoms with van der Waals surface area (Å²) in [5.74, 6) is 1.48. The molecule has 7 nitrogen and oxygen atoms in total. The van der Waals surface area contributed by atoms with Gasteiger partial charge in [0.2, 0.25) is 11.8 Å². The molecule has 2 N–H and O–H groups in total. The average molecular weight is 382 g/mol. The molecule has 0 aliphatic heterocycles. The maximum atomic E-state index is 11.3. The summed E-state index contributed by atoms with van der Waals surface area (Å²) in [6.07, 6.45) is 4.76. The SMILES string of the molecule is CCC(=O)CCCCC[C@H](N)c1nnc(-c2cc3ccccc3nc2OC)o1. The van der Waals surface area contributed by atoms with E-state index in [2.05, 4.69) is 15.2 Å². The van der Waals surface area contributed by atoms with Gasteiger partial charge in [0.15, 0.2) is 0 Å². The van der Waals surface area contributed by atoms with Gasteiger partial charge in [0.1, 0.15) is 11.3 Å². The summed E-state index contributed by atoms with van der Waals surface area (Å²) >= 11 is 0. The van der Waals surface area contributed by atoms with Gasteiger partial charge >= 0.3 is 0 Å². The summed E-state index contributed by atoms with van der Waals surface area (Å²) in [5, 5.41) is 9.21. The van der Waals surface area contributed by atoms with Crippen molar-refractivity contribution in [2.75, 3.05) is 7.11 Å². The van der Waals surface area contributed by atoms with E-state index in [1.807, 2.05) is 37.3 Å². The number of nitrogens with zero attached hydrogens (tertiary/aromatic N) is 3. The maximum Gasteiger partial charge on any atom is 0.253 e. The zero-order valence-electron chi connectivity index (χ0n) is 16.4. The van der Waals surface area contributed by atoms with Crippen LogP contribution >= 0.6 is 0 Å². The molecule has 2 heterocycles. The number of ketones is 1. The molecule has 2 aromatic heterocycles. The average Bonchev–Trinajstić information content (AvgIpc) is 3.22. The molecule has 28 heavy (non-hydrogen) atoms. The minimum absolute atomic E-state index is 0.309. The first kappa shape index (κ1) is 19.9. The van der Waals surface area contributed by atoms with Crippen LogP contribution in [0.15, 0.2) is 34.7 Å². The van der Waals surface area contributed by atoms with Crippen LogP contribution in [-0.2, 0) is 4.79 Å². The van der Waals surface area contributed by atoms with Crippen molar-refractivity contribution in [1.29, 1.82) is 0 Å². The highest BCUT2D eigenvalue weighted by Crippen LogP contribution is 2.31. The fourth-order valence-electron chi connectivity index (χ4n) is 3.06. The molecule has 0 saturated carbocycles. The van der Waals surface area contributed by atoms with Gasteiger partial charge in [-0.2, -0.15) is 0 Å². The Morgan fingerprint density at radius 2 is 2.04 bits per heavy atom. The number of unbranched alkanes of at least 4 members (excludes halogenated alkanes) is 2. The first-order valence-corrected chi connectivity index (χ1v) is 9.67. The van der Waals surface area contributed by atoms with Crippen LogP contribution in [-0.4, -0.2) is 28.1 Å². The first-order chi connectivity index (χ1) is 13.6. The van der Waals surface area contributed by atoms with E-state index in [1.54, 1.807) is 7.11 Å². The standard InChI is InChI=1S/C21H26N4O3/c1-3-15(26)10-5-4-6-11-17(22)21-25-24-20(28-21)16-13-14-9-7-8-12-18(14)23-19(16)27-2/h7-9,12-13,17H,3-6,10-11,22H2,1-2H3/t17-/m0/s1. The second-order valence-electron chi connectivity index (χ2n) is 6.78.